The Morgan fingerprint density at radius 3 is 3.00 bits per heavy atom. The van der Waals surface area contributed by atoms with Crippen molar-refractivity contribution in [1.29, 1.82) is 0 Å². The second-order valence-electron chi connectivity index (χ2n) is 4.70. The fourth-order valence-corrected chi connectivity index (χ4v) is 2.91. The molecule has 1 amide bonds. The van der Waals surface area contributed by atoms with Gasteiger partial charge in [0.15, 0.2) is 0 Å². The number of benzene rings is 1. The van der Waals surface area contributed by atoms with Crippen LogP contribution in [0.3, 0.4) is 0 Å². The van der Waals surface area contributed by atoms with Gasteiger partial charge in [-0.1, -0.05) is 18.2 Å². The number of aryl methyl sites for hydroxylation is 1. The van der Waals surface area contributed by atoms with Gasteiger partial charge in [0.2, 0.25) is 5.91 Å². The molecule has 0 atom stereocenters. The minimum absolute atomic E-state index is 0.00691. The van der Waals surface area contributed by atoms with Crippen molar-refractivity contribution >= 4 is 34.4 Å². The number of hydrogen-bond acceptors (Lipinski definition) is 3. The summed E-state index contributed by atoms with van der Waals surface area (Å²) in [5.74, 6) is 0.364. The second kappa shape index (κ2) is 6.01. The number of anilines is 1. The Morgan fingerprint density at radius 2 is 2.14 bits per heavy atom. The van der Waals surface area contributed by atoms with Crippen molar-refractivity contribution in [2.75, 3.05) is 11.1 Å². The number of para-hydroxylation sites is 1. The highest BCUT2D eigenvalue weighted by Gasteiger charge is 2.08. The summed E-state index contributed by atoms with van der Waals surface area (Å²) >= 11 is 1.51. The lowest BCUT2D eigenvalue weighted by molar-refractivity contribution is -0.113. The number of H-pyrrole nitrogens is 1. The van der Waals surface area contributed by atoms with Gasteiger partial charge < -0.3 is 10.3 Å². The van der Waals surface area contributed by atoms with Crippen LogP contribution in [0.5, 0.6) is 0 Å². The number of nitrogens with zero attached hydrogens (tertiary/aromatic N) is 1. The van der Waals surface area contributed by atoms with E-state index >= 15 is 0 Å². The largest absolute Gasteiger partial charge is 0.345 e. The molecule has 0 aliphatic carbocycles. The van der Waals surface area contributed by atoms with Crippen LogP contribution < -0.4 is 5.32 Å². The van der Waals surface area contributed by atoms with Crippen LogP contribution >= 0.6 is 11.8 Å². The van der Waals surface area contributed by atoms with Crippen molar-refractivity contribution in [1.82, 2.24) is 9.97 Å². The van der Waals surface area contributed by atoms with Crippen molar-refractivity contribution in [2.24, 2.45) is 0 Å². The zero-order chi connectivity index (χ0) is 14.7. The van der Waals surface area contributed by atoms with Gasteiger partial charge in [0.05, 0.1) is 5.75 Å². The highest BCUT2D eigenvalue weighted by molar-refractivity contribution is 8.00. The molecule has 3 aromatic rings. The molecule has 0 aliphatic rings. The minimum Gasteiger partial charge on any atom is -0.345 e. The third-order valence-electron chi connectivity index (χ3n) is 3.19. The lowest BCUT2D eigenvalue weighted by atomic mass is 10.2. The molecular formula is C16H15N3OS. The summed E-state index contributed by atoms with van der Waals surface area (Å²) in [4.78, 5) is 20.4. The number of pyridine rings is 1. The van der Waals surface area contributed by atoms with Crippen LogP contribution in [0.4, 0.5) is 5.69 Å². The van der Waals surface area contributed by atoms with E-state index in [0.717, 1.165) is 27.2 Å². The number of carbonyl (C=O) groups excluding carboxylic acids is 1. The van der Waals surface area contributed by atoms with Crippen LogP contribution in [0.2, 0.25) is 0 Å². The zero-order valence-corrected chi connectivity index (χ0v) is 12.4. The molecule has 0 fully saturated rings. The monoisotopic (exact) mass is 297 g/mol. The van der Waals surface area contributed by atoms with Crippen molar-refractivity contribution in [2.45, 2.75) is 11.8 Å². The first-order valence-electron chi connectivity index (χ1n) is 6.64. The molecule has 2 heterocycles. The fourth-order valence-electron chi connectivity index (χ4n) is 2.09. The Labute approximate surface area is 127 Å². The average molecular weight is 297 g/mol. The summed E-state index contributed by atoms with van der Waals surface area (Å²) in [7, 11) is 0. The van der Waals surface area contributed by atoms with Crippen LogP contribution in [-0.4, -0.2) is 21.6 Å². The van der Waals surface area contributed by atoms with E-state index in [0.29, 0.717) is 5.75 Å². The molecule has 4 nitrogen and oxygen atoms in total. The minimum atomic E-state index is -0.00691. The second-order valence-corrected chi connectivity index (χ2v) is 5.72. The summed E-state index contributed by atoms with van der Waals surface area (Å²) in [6, 6.07) is 11.7. The molecule has 0 bridgehead atoms. The van der Waals surface area contributed by atoms with Crippen molar-refractivity contribution in [3.05, 3.63) is 54.4 Å². The molecular weight excluding hydrogens is 282 g/mol. The van der Waals surface area contributed by atoms with Gasteiger partial charge in [0.1, 0.15) is 5.65 Å². The van der Waals surface area contributed by atoms with E-state index in [1.807, 2.05) is 49.5 Å². The Balaban J connectivity index is 1.65. The summed E-state index contributed by atoms with van der Waals surface area (Å²) in [6.45, 7) is 1.98. The Bertz CT molecular complexity index is 782. The number of rotatable bonds is 4. The number of thioether (sulfide) groups is 1. The number of fused-ring (bicyclic) bond motifs is 1. The first-order chi connectivity index (χ1) is 10.2. The molecule has 2 aromatic heterocycles. The molecule has 1 aromatic carbocycles. The number of hydrogen-bond donors (Lipinski definition) is 2. The van der Waals surface area contributed by atoms with Crippen molar-refractivity contribution < 1.29 is 4.79 Å². The van der Waals surface area contributed by atoms with E-state index in [2.05, 4.69) is 15.3 Å². The molecule has 21 heavy (non-hydrogen) atoms. The maximum Gasteiger partial charge on any atom is 0.234 e. The van der Waals surface area contributed by atoms with E-state index in [-0.39, 0.29) is 5.91 Å². The summed E-state index contributed by atoms with van der Waals surface area (Å²) in [5, 5.41) is 3.98. The topological polar surface area (TPSA) is 57.8 Å². The summed E-state index contributed by atoms with van der Waals surface area (Å²) in [5.41, 5.74) is 2.77. The van der Waals surface area contributed by atoms with Crippen LogP contribution in [-0.2, 0) is 4.79 Å². The Hall–Kier alpha value is -2.27. The number of aromatic nitrogens is 2. The molecule has 5 heteroatoms. The number of carbonyl (C=O) groups is 1. The first kappa shape index (κ1) is 13.7. The SMILES string of the molecule is Cc1ccccc1NC(=O)CSc1c[nH]c2ncccc12. The molecule has 2 N–H and O–H groups in total. The van der Waals surface area contributed by atoms with Crippen LogP contribution in [0.25, 0.3) is 11.0 Å². The van der Waals surface area contributed by atoms with Gasteiger partial charge in [0.25, 0.3) is 0 Å². The van der Waals surface area contributed by atoms with Gasteiger partial charge in [-0.15, -0.1) is 11.8 Å². The number of aromatic amines is 1. The standard InChI is InChI=1S/C16H15N3OS/c1-11-5-2-3-7-13(11)19-15(20)10-21-14-9-18-16-12(14)6-4-8-17-16/h2-9H,10H2,1H3,(H,17,18)(H,19,20). The first-order valence-corrected chi connectivity index (χ1v) is 7.63. The smallest absolute Gasteiger partial charge is 0.234 e. The van der Waals surface area contributed by atoms with E-state index in [9.17, 15) is 4.79 Å². The maximum absolute atomic E-state index is 12.0. The molecule has 3 rings (SSSR count). The third kappa shape index (κ3) is 3.08. The molecule has 106 valence electrons. The van der Waals surface area contributed by atoms with Crippen LogP contribution in [0.15, 0.2) is 53.7 Å². The lowest BCUT2D eigenvalue weighted by Crippen LogP contribution is -2.14. The summed E-state index contributed by atoms with van der Waals surface area (Å²) in [6.07, 6.45) is 3.64. The molecule has 0 saturated heterocycles. The molecule has 0 aliphatic heterocycles. The normalized spacial score (nSPS) is 10.7. The van der Waals surface area contributed by atoms with Crippen molar-refractivity contribution in [3.8, 4) is 0 Å². The Kier molecular flexibility index (Phi) is 3.92. The average Bonchev–Trinajstić information content (AvgIpc) is 2.91. The van der Waals surface area contributed by atoms with E-state index < -0.39 is 0 Å². The zero-order valence-electron chi connectivity index (χ0n) is 11.6. The van der Waals surface area contributed by atoms with Gasteiger partial charge >= 0.3 is 0 Å². The van der Waals surface area contributed by atoms with Gasteiger partial charge in [0, 0.05) is 28.4 Å². The van der Waals surface area contributed by atoms with E-state index in [1.165, 1.54) is 11.8 Å². The van der Waals surface area contributed by atoms with E-state index in [1.54, 1.807) is 6.20 Å². The van der Waals surface area contributed by atoms with Crippen LogP contribution in [0, 0.1) is 6.92 Å². The van der Waals surface area contributed by atoms with Crippen LogP contribution in [0.1, 0.15) is 5.56 Å². The van der Waals surface area contributed by atoms with Gasteiger partial charge in [-0.25, -0.2) is 4.98 Å². The molecule has 0 radical (unpaired) electrons. The molecule has 0 saturated carbocycles. The third-order valence-corrected chi connectivity index (χ3v) is 4.25. The maximum atomic E-state index is 12.0. The fraction of sp³-hybridized carbons (Fsp3) is 0.125. The van der Waals surface area contributed by atoms with E-state index in [4.69, 9.17) is 0 Å². The number of amides is 1. The quantitative estimate of drug-likeness (QED) is 0.723. The van der Waals surface area contributed by atoms with Gasteiger partial charge in [-0.05, 0) is 30.7 Å². The predicted molar refractivity (Wildman–Crippen MR) is 86.6 cm³/mol. The molecule has 0 unspecified atom stereocenters. The number of nitrogens with one attached hydrogen (secondary N) is 2. The Morgan fingerprint density at radius 1 is 1.29 bits per heavy atom. The lowest BCUT2D eigenvalue weighted by Gasteiger charge is -2.07. The molecule has 0 spiro atoms. The summed E-state index contributed by atoms with van der Waals surface area (Å²) < 4.78 is 0. The van der Waals surface area contributed by atoms with Crippen molar-refractivity contribution in [3.63, 3.8) is 0 Å². The van der Waals surface area contributed by atoms with Gasteiger partial charge in [-0.3, -0.25) is 4.79 Å². The predicted octanol–water partition coefficient (Wildman–Crippen LogP) is 3.60. The highest BCUT2D eigenvalue weighted by atomic mass is 32.2. The van der Waals surface area contributed by atoms with Gasteiger partial charge in [-0.2, -0.15) is 0 Å². The highest BCUT2D eigenvalue weighted by Crippen LogP contribution is 2.26.